The number of nitrogens with zero attached hydrogens (tertiary/aromatic N) is 2. The fourth-order valence-corrected chi connectivity index (χ4v) is 1.96. The summed E-state index contributed by atoms with van der Waals surface area (Å²) in [6.07, 6.45) is 1.28. The Labute approximate surface area is 107 Å². The van der Waals surface area contributed by atoms with Crippen LogP contribution >= 0.6 is 15.9 Å². The highest BCUT2D eigenvalue weighted by Gasteiger charge is 2.09. The van der Waals surface area contributed by atoms with Gasteiger partial charge in [0, 0.05) is 12.1 Å². The van der Waals surface area contributed by atoms with Gasteiger partial charge in [0.1, 0.15) is 5.75 Å². The lowest BCUT2D eigenvalue weighted by Crippen LogP contribution is -2.08. The van der Waals surface area contributed by atoms with Gasteiger partial charge in [-0.3, -0.25) is 0 Å². The smallest absolute Gasteiger partial charge is 0.213 e. The number of hydrogen-bond acceptors (Lipinski definition) is 5. The van der Waals surface area contributed by atoms with Crippen LogP contribution in [0, 0.1) is 0 Å². The van der Waals surface area contributed by atoms with Crippen LogP contribution in [0.25, 0.3) is 0 Å². The maximum absolute atomic E-state index is 5.69. The van der Waals surface area contributed by atoms with E-state index in [1.807, 2.05) is 25.2 Å². The van der Waals surface area contributed by atoms with Gasteiger partial charge in [0.25, 0.3) is 0 Å². The summed E-state index contributed by atoms with van der Waals surface area (Å²) in [5.41, 5.74) is 1.07. The van der Waals surface area contributed by atoms with E-state index in [-0.39, 0.29) is 6.61 Å². The molecule has 2 rings (SSSR count). The Morgan fingerprint density at radius 3 is 3.06 bits per heavy atom. The molecular formula is C11H12BrN3O2. The lowest BCUT2D eigenvalue weighted by atomic mass is 10.2. The van der Waals surface area contributed by atoms with Gasteiger partial charge >= 0.3 is 0 Å². The zero-order valence-corrected chi connectivity index (χ0v) is 10.9. The number of halogens is 1. The molecule has 0 fully saturated rings. The number of benzene rings is 1. The summed E-state index contributed by atoms with van der Waals surface area (Å²) >= 11 is 3.46. The zero-order chi connectivity index (χ0) is 12.1. The molecule has 0 unspecified atom stereocenters. The molecule has 0 radical (unpaired) electrons. The second-order valence-electron chi connectivity index (χ2n) is 3.39. The van der Waals surface area contributed by atoms with E-state index in [9.17, 15) is 0 Å². The molecule has 0 amide bonds. The van der Waals surface area contributed by atoms with E-state index in [0.717, 1.165) is 22.3 Å². The normalized spacial score (nSPS) is 10.5. The van der Waals surface area contributed by atoms with Crippen molar-refractivity contribution in [1.29, 1.82) is 0 Å². The van der Waals surface area contributed by atoms with Crippen molar-refractivity contribution < 1.29 is 9.26 Å². The minimum atomic E-state index is 0.288. The number of para-hydroxylation sites is 1. The summed E-state index contributed by atoms with van der Waals surface area (Å²) in [6, 6.07) is 5.91. The first-order valence-corrected chi connectivity index (χ1v) is 5.90. The summed E-state index contributed by atoms with van der Waals surface area (Å²) in [5, 5.41) is 6.79. The van der Waals surface area contributed by atoms with Gasteiger partial charge in [-0.15, -0.1) is 0 Å². The van der Waals surface area contributed by atoms with Crippen molar-refractivity contribution in [1.82, 2.24) is 15.5 Å². The molecule has 1 aromatic heterocycles. The van der Waals surface area contributed by atoms with Gasteiger partial charge in [0.05, 0.1) is 4.47 Å². The molecule has 0 saturated heterocycles. The molecule has 17 heavy (non-hydrogen) atoms. The van der Waals surface area contributed by atoms with Gasteiger partial charge in [0.2, 0.25) is 12.2 Å². The SMILES string of the molecule is CNCc1cccc(Br)c1OCc1ncon1. The Balaban J connectivity index is 2.13. The Bertz CT molecular complexity index is 474. The van der Waals surface area contributed by atoms with E-state index in [4.69, 9.17) is 4.74 Å². The number of nitrogens with one attached hydrogen (secondary N) is 1. The van der Waals surface area contributed by atoms with E-state index in [1.54, 1.807) is 0 Å². The molecule has 0 saturated carbocycles. The maximum atomic E-state index is 5.69. The Hall–Kier alpha value is -1.40. The Morgan fingerprint density at radius 1 is 1.47 bits per heavy atom. The van der Waals surface area contributed by atoms with Crippen molar-refractivity contribution in [3.8, 4) is 5.75 Å². The predicted molar refractivity (Wildman–Crippen MR) is 65.5 cm³/mol. The molecule has 0 aliphatic heterocycles. The molecule has 1 heterocycles. The number of ether oxygens (including phenoxy) is 1. The van der Waals surface area contributed by atoms with Gasteiger partial charge in [-0.25, -0.2) is 0 Å². The largest absolute Gasteiger partial charge is 0.484 e. The summed E-state index contributed by atoms with van der Waals surface area (Å²) in [6.45, 7) is 1.02. The highest BCUT2D eigenvalue weighted by molar-refractivity contribution is 9.10. The van der Waals surface area contributed by atoms with Crippen LogP contribution in [0.1, 0.15) is 11.4 Å². The second-order valence-corrected chi connectivity index (χ2v) is 4.25. The first-order valence-electron chi connectivity index (χ1n) is 5.11. The second kappa shape index (κ2) is 5.79. The van der Waals surface area contributed by atoms with Crippen LogP contribution in [-0.4, -0.2) is 17.2 Å². The summed E-state index contributed by atoms with van der Waals surface area (Å²) < 4.78 is 11.2. The first kappa shape index (κ1) is 12.1. The molecular weight excluding hydrogens is 286 g/mol. The minimum absolute atomic E-state index is 0.288. The van der Waals surface area contributed by atoms with E-state index >= 15 is 0 Å². The molecule has 6 heteroatoms. The minimum Gasteiger partial charge on any atom is -0.484 e. The van der Waals surface area contributed by atoms with Crippen molar-refractivity contribution in [3.63, 3.8) is 0 Å². The van der Waals surface area contributed by atoms with Crippen molar-refractivity contribution in [2.24, 2.45) is 0 Å². The number of aromatic nitrogens is 2. The standard InChI is InChI=1S/C11H12BrN3O2/c1-13-5-8-3-2-4-9(12)11(8)16-6-10-14-7-17-15-10/h2-4,7,13H,5-6H2,1H3. The third-order valence-electron chi connectivity index (χ3n) is 2.17. The Morgan fingerprint density at radius 2 is 2.35 bits per heavy atom. The van der Waals surface area contributed by atoms with Crippen molar-refractivity contribution in [2.75, 3.05) is 7.05 Å². The fourth-order valence-electron chi connectivity index (χ4n) is 1.44. The quantitative estimate of drug-likeness (QED) is 0.916. The molecule has 1 N–H and O–H groups in total. The zero-order valence-electron chi connectivity index (χ0n) is 9.31. The molecule has 5 nitrogen and oxygen atoms in total. The number of rotatable bonds is 5. The molecule has 0 atom stereocenters. The lowest BCUT2D eigenvalue weighted by Gasteiger charge is -2.11. The van der Waals surface area contributed by atoms with E-state index in [1.165, 1.54) is 6.39 Å². The lowest BCUT2D eigenvalue weighted by molar-refractivity contribution is 0.281. The molecule has 90 valence electrons. The summed E-state index contributed by atoms with van der Waals surface area (Å²) in [4.78, 5) is 3.90. The van der Waals surface area contributed by atoms with E-state index in [0.29, 0.717) is 5.82 Å². The van der Waals surface area contributed by atoms with Crippen molar-refractivity contribution >= 4 is 15.9 Å². The van der Waals surface area contributed by atoms with Crippen LogP contribution in [0.2, 0.25) is 0 Å². The van der Waals surface area contributed by atoms with Crippen LogP contribution in [0.5, 0.6) is 5.75 Å². The third-order valence-corrected chi connectivity index (χ3v) is 2.79. The molecule has 0 bridgehead atoms. The fraction of sp³-hybridized carbons (Fsp3) is 0.273. The third kappa shape index (κ3) is 3.04. The van der Waals surface area contributed by atoms with Crippen LogP contribution in [0.4, 0.5) is 0 Å². The highest BCUT2D eigenvalue weighted by atomic mass is 79.9. The average Bonchev–Trinajstić information content (AvgIpc) is 2.82. The topological polar surface area (TPSA) is 60.2 Å². The van der Waals surface area contributed by atoms with Crippen LogP contribution in [-0.2, 0) is 13.2 Å². The molecule has 0 aliphatic carbocycles. The van der Waals surface area contributed by atoms with E-state index < -0.39 is 0 Å². The maximum Gasteiger partial charge on any atom is 0.213 e. The molecule has 0 spiro atoms. The average molecular weight is 298 g/mol. The molecule has 0 aliphatic rings. The summed E-state index contributed by atoms with van der Waals surface area (Å²) in [5.74, 6) is 1.32. The number of hydrogen-bond donors (Lipinski definition) is 1. The monoisotopic (exact) mass is 297 g/mol. The first-order chi connectivity index (χ1) is 8.31. The van der Waals surface area contributed by atoms with E-state index in [2.05, 4.69) is 35.9 Å². The van der Waals surface area contributed by atoms with Crippen molar-refractivity contribution in [3.05, 3.63) is 40.5 Å². The van der Waals surface area contributed by atoms with Gasteiger partial charge in [-0.05, 0) is 29.0 Å². The van der Waals surface area contributed by atoms with Gasteiger partial charge in [0.15, 0.2) is 6.61 Å². The predicted octanol–water partition coefficient (Wildman–Crippen LogP) is 2.13. The van der Waals surface area contributed by atoms with Crippen molar-refractivity contribution in [2.45, 2.75) is 13.2 Å². The van der Waals surface area contributed by atoms with Gasteiger partial charge in [-0.2, -0.15) is 4.98 Å². The Kier molecular flexibility index (Phi) is 4.11. The van der Waals surface area contributed by atoms with Gasteiger partial charge < -0.3 is 14.6 Å². The summed E-state index contributed by atoms with van der Waals surface area (Å²) in [7, 11) is 1.89. The van der Waals surface area contributed by atoms with Gasteiger partial charge in [-0.1, -0.05) is 17.3 Å². The van der Waals surface area contributed by atoms with Crippen LogP contribution in [0.3, 0.4) is 0 Å². The van der Waals surface area contributed by atoms with Crippen LogP contribution < -0.4 is 10.1 Å². The molecule has 2 aromatic rings. The molecule has 1 aromatic carbocycles. The highest BCUT2D eigenvalue weighted by Crippen LogP contribution is 2.29. The van der Waals surface area contributed by atoms with Crippen LogP contribution in [0.15, 0.2) is 33.6 Å².